The van der Waals surface area contributed by atoms with E-state index in [0.717, 1.165) is 11.0 Å². The van der Waals surface area contributed by atoms with Crippen molar-refractivity contribution >= 4 is 39.5 Å². The van der Waals surface area contributed by atoms with E-state index >= 15 is 0 Å². The van der Waals surface area contributed by atoms with Gasteiger partial charge in [-0.15, -0.1) is 0 Å². The highest BCUT2D eigenvalue weighted by Crippen LogP contribution is 2.22. The standard InChI is InChI=1S/C14H16ClN3O6S/c1-8(12(19)18-6-5-17-14(18)21)24-13(20)10-7-9(3-4-11(10)15)25(22,23)16-2/h3-4,7-8,16H,5-6H2,1-2H3,(H,17,21)/t8-/m0/s1. The Labute approximate surface area is 149 Å². The van der Waals surface area contributed by atoms with Crippen molar-refractivity contribution in [1.29, 1.82) is 0 Å². The molecule has 136 valence electrons. The summed E-state index contributed by atoms with van der Waals surface area (Å²) in [5.74, 6) is -1.66. The molecule has 11 heteroatoms. The van der Waals surface area contributed by atoms with E-state index in [9.17, 15) is 22.8 Å². The lowest BCUT2D eigenvalue weighted by Crippen LogP contribution is -2.41. The molecule has 0 saturated carbocycles. The number of ether oxygens (including phenoxy) is 1. The molecular weight excluding hydrogens is 374 g/mol. The third-order valence-electron chi connectivity index (χ3n) is 3.49. The monoisotopic (exact) mass is 389 g/mol. The van der Waals surface area contributed by atoms with Crippen LogP contribution in [0.4, 0.5) is 4.79 Å². The van der Waals surface area contributed by atoms with E-state index in [1.54, 1.807) is 0 Å². The van der Waals surface area contributed by atoms with Crippen molar-refractivity contribution in [1.82, 2.24) is 14.9 Å². The van der Waals surface area contributed by atoms with Gasteiger partial charge in [0.15, 0.2) is 6.10 Å². The molecule has 1 heterocycles. The highest BCUT2D eigenvalue weighted by Gasteiger charge is 2.32. The minimum atomic E-state index is -3.78. The van der Waals surface area contributed by atoms with Gasteiger partial charge in [-0.25, -0.2) is 22.7 Å². The van der Waals surface area contributed by atoms with Gasteiger partial charge in [0.05, 0.1) is 15.5 Å². The number of imide groups is 1. The van der Waals surface area contributed by atoms with Crippen LogP contribution >= 0.6 is 11.6 Å². The molecule has 0 aliphatic carbocycles. The van der Waals surface area contributed by atoms with E-state index in [2.05, 4.69) is 10.0 Å². The molecule has 0 unspecified atom stereocenters. The normalized spacial score (nSPS) is 15.6. The van der Waals surface area contributed by atoms with Gasteiger partial charge in [0.2, 0.25) is 10.0 Å². The molecule has 1 saturated heterocycles. The van der Waals surface area contributed by atoms with Gasteiger partial charge < -0.3 is 10.1 Å². The summed E-state index contributed by atoms with van der Waals surface area (Å²) in [5.41, 5.74) is -0.205. The van der Waals surface area contributed by atoms with Gasteiger partial charge in [0.1, 0.15) is 0 Å². The van der Waals surface area contributed by atoms with Crippen LogP contribution in [-0.2, 0) is 19.6 Å². The first-order chi connectivity index (χ1) is 11.7. The number of halogens is 1. The van der Waals surface area contributed by atoms with E-state index in [0.29, 0.717) is 6.54 Å². The zero-order valence-corrected chi connectivity index (χ0v) is 15.0. The van der Waals surface area contributed by atoms with Crippen molar-refractivity contribution < 1.29 is 27.5 Å². The fourth-order valence-corrected chi connectivity index (χ4v) is 3.07. The summed E-state index contributed by atoms with van der Waals surface area (Å²) < 4.78 is 30.8. The number of esters is 1. The molecule has 0 aromatic heterocycles. The number of urea groups is 1. The van der Waals surface area contributed by atoms with Crippen molar-refractivity contribution in [3.63, 3.8) is 0 Å². The molecule has 0 radical (unpaired) electrons. The molecule has 1 fully saturated rings. The number of hydrogen-bond acceptors (Lipinski definition) is 6. The first kappa shape index (κ1) is 19.2. The summed E-state index contributed by atoms with van der Waals surface area (Å²) in [5, 5.41) is 2.43. The first-order valence-electron chi connectivity index (χ1n) is 7.20. The van der Waals surface area contributed by atoms with Crippen LogP contribution in [0.2, 0.25) is 5.02 Å². The van der Waals surface area contributed by atoms with Gasteiger partial charge in [0.25, 0.3) is 5.91 Å². The van der Waals surface area contributed by atoms with Crippen molar-refractivity contribution in [2.75, 3.05) is 20.1 Å². The largest absolute Gasteiger partial charge is 0.449 e. The lowest BCUT2D eigenvalue weighted by Gasteiger charge is -2.18. The Kier molecular flexibility index (Phi) is 5.65. The van der Waals surface area contributed by atoms with Gasteiger partial charge in [-0.2, -0.15) is 0 Å². The molecule has 25 heavy (non-hydrogen) atoms. The minimum Gasteiger partial charge on any atom is -0.449 e. The Balaban J connectivity index is 2.19. The summed E-state index contributed by atoms with van der Waals surface area (Å²) in [6, 6.07) is 2.96. The lowest BCUT2D eigenvalue weighted by molar-refractivity contribution is -0.136. The SMILES string of the molecule is CNS(=O)(=O)c1ccc(Cl)c(C(=O)O[C@@H](C)C(=O)N2CCNC2=O)c1. The predicted octanol–water partition coefficient (Wildman–Crippen LogP) is 0.345. The maximum atomic E-state index is 12.3. The van der Waals surface area contributed by atoms with Crippen LogP contribution in [0.3, 0.4) is 0 Å². The predicted molar refractivity (Wildman–Crippen MR) is 87.7 cm³/mol. The molecule has 1 aromatic carbocycles. The number of benzene rings is 1. The fourth-order valence-electron chi connectivity index (χ4n) is 2.12. The molecular formula is C14H16ClN3O6S. The summed E-state index contributed by atoms with van der Waals surface area (Å²) in [4.78, 5) is 36.6. The zero-order valence-electron chi connectivity index (χ0n) is 13.4. The van der Waals surface area contributed by atoms with Crippen molar-refractivity contribution in [2.45, 2.75) is 17.9 Å². The topological polar surface area (TPSA) is 122 Å². The second kappa shape index (κ2) is 7.38. The highest BCUT2D eigenvalue weighted by molar-refractivity contribution is 7.89. The zero-order chi connectivity index (χ0) is 18.8. The molecule has 2 rings (SSSR count). The number of carbonyl (C=O) groups is 3. The number of carbonyl (C=O) groups excluding carboxylic acids is 3. The Bertz CT molecular complexity index is 826. The van der Waals surface area contributed by atoms with Crippen molar-refractivity contribution in [2.24, 2.45) is 0 Å². The van der Waals surface area contributed by atoms with Gasteiger partial charge >= 0.3 is 12.0 Å². The van der Waals surface area contributed by atoms with Gasteiger partial charge in [-0.05, 0) is 32.2 Å². The maximum Gasteiger partial charge on any atom is 0.340 e. The average molecular weight is 390 g/mol. The minimum absolute atomic E-state index is 0.0291. The Morgan fingerprint density at radius 2 is 2.08 bits per heavy atom. The van der Waals surface area contributed by atoms with E-state index in [-0.39, 0.29) is 22.0 Å². The molecule has 2 N–H and O–H groups in total. The molecule has 0 spiro atoms. The van der Waals surface area contributed by atoms with Crippen LogP contribution in [0.1, 0.15) is 17.3 Å². The molecule has 3 amide bonds. The number of amides is 3. The number of nitrogens with zero attached hydrogens (tertiary/aromatic N) is 1. The number of hydrogen-bond donors (Lipinski definition) is 2. The highest BCUT2D eigenvalue weighted by atomic mass is 35.5. The molecule has 1 aromatic rings. The van der Waals surface area contributed by atoms with Crippen molar-refractivity contribution in [3.8, 4) is 0 Å². The molecule has 1 atom stereocenters. The molecule has 1 aliphatic rings. The van der Waals surface area contributed by atoms with Crippen LogP contribution < -0.4 is 10.0 Å². The first-order valence-corrected chi connectivity index (χ1v) is 9.06. The summed E-state index contributed by atoms with van der Waals surface area (Å²) in [6.45, 7) is 1.81. The van der Waals surface area contributed by atoms with Gasteiger partial charge in [0, 0.05) is 13.1 Å². The van der Waals surface area contributed by atoms with Crippen LogP contribution in [0, 0.1) is 0 Å². The van der Waals surface area contributed by atoms with Crippen LogP contribution in [0.25, 0.3) is 0 Å². The smallest absolute Gasteiger partial charge is 0.340 e. The second-order valence-corrected chi connectivity index (χ2v) is 7.41. The maximum absolute atomic E-state index is 12.3. The third kappa shape index (κ3) is 4.09. The van der Waals surface area contributed by atoms with Crippen LogP contribution in [-0.4, -0.2) is 57.5 Å². The summed E-state index contributed by atoms with van der Waals surface area (Å²) in [7, 11) is -2.55. The van der Waals surface area contributed by atoms with Crippen LogP contribution in [0.15, 0.2) is 23.1 Å². The number of nitrogens with one attached hydrogen (secondary N) is 2. The molecule has 9 nitrogen and oxygen atoms in total. The average Bonchev–Trinajstić information content (AvgIpc) is 3.00. The lowest BCUT2D eigenvalue weighted by atomic mass is 10.2. The second-order valence-electron chi connectivity index (χ2n) is 5.12. The molecule has 0 bridgehead atoms. The van der Waals surface area contributed by atoms with Gasteiger partial charge in [-0.3, -0.25) is 9.69 Å². The van der Waals surface area contributed by atoms with Gasteiger partial charge in [-0.1, -0.05) is 11.6 Å². The quantitative estimate of drug-likeness (QED) is 0.700. The van der Waals surface area contributed by atoms with E-state index in [1.807, 2.05) is 0 Å². The third-order valence-corrected chi connectivity index (χ3v) is 5.23. The Morgan fingerprint density at radius 1 is 1.40 bits per heavy atom. The fraction of sp³-hybridized carbons (Fsp3) is 0.357. The Morgan fingerprint density at radius 3 is 2.64 bits per heavy atom. The van der Waals surface area contributed by atoms with E-state index < -0.39 is 34.0 Å². The molecule has 1 aliphatic heterocycles. The van der Waals surface area contributed by atoms with Crippen LogP contribution in [0.5, 0.6) is 0 Å². The van der Waals surface area contributed by atoms with E-state index in [4.69, 9.17) is 16.3 Å². The Hall–Kier alpha value is -2.17. The summed E-state index contributed by atoms with van der Waals surface area (Å²) >= 11 is 5.92. The van der Waals surface area contributed by atoms with Crippen molar-refractivity contribution in [3.05, 3.63) is 28.8 Å². The van der Waals surface area contributed by atoms with E-state index in [1.165, 1.54) is 26.1 Å². The number of sulfonamides is 1. The number of rotatable bonds is 5. The summed E-state index contributed by atoms with van der Waals surface area (Å²) in [6.07, 6.45) is -1.24.